The van der Waals surface area contributed by atoms with Crippen molar-refractivity contribution in [2.45, 2.75) is 38.3 Å². The van der Waals surface area contributed by atoms with E-state index in [2.05, 4.69) is 59.8 Å². The number of hydrogen-bond donors (Lipinski definition) is 3. The minimum absolute atomic E-state index is 0.0696. The molecule has 1 aliphatic heterocycles. The summed E-state index contributed by atoms with van der Waals surface area (Å²) in [4.78, 5) is 15.3. The summed E-state index contributed by atoms with van der Waals surface area (Å²) in [6.07, 6.45) is 3.08. The van der Waals surface area contributed by atoms with Gasteiger partial charge in [0.05, 0.1) is 22.3 Å². The number of nitrogens with one attached hydrogen (secondary N) is 2. The molecule has 0 radical (unpaired) electrons. The van der Waals surface area contributed by atoms with E-state index in [0.717, 1.165) is 39.9 Å². The van der Waals surface area contributed by atoms with Gasteiger partial charge in [0.25, 0.3) is 0 Å². The van der Waals surface area contributed by atoms with Gasteiger partial charge in [-0.1, -0.05) is 54.1 Å². The highest BCUT2D eigenvalue weighted by molar-refractivity contribution is 7.15. The fourth-order valence-corrected chi connectivity index (χ4v) is 5.51. The maximum absolute atomic E-state index is 11.4. The Labute approximate surface area is 204 Å². The van der Waals surface area contributed by atoms with Crippen molar-refractivity contribution in [3.8, 4) is 21.8 Å². The van der Waals surface area contributed by atoms with Gasteiger partial charge < -0.3 is 15.7 Å². The van der Waals surface area contributed by atoms with Gasteiger partial charge in [-0.25, -0.2) is 15.0 Å². The number of hydrogen-bond acceptors (Lipinski definition) is 7. The summed E-state index contributed by atoms with van der Waals surface area (Å²) in [6.45, 7) is 5.74. The zero-order valence-electron chi connectivity index (χ0n) is 19.5. The van der Waals surface area contributed by atoms with E-state index in [1.807, 2.05) is 30.3 Å². The zero-order valence-corrected chi connectivity index (χ0v) is 20.3. The minimum Gasteiger partial charge on any atom is -0.383 e. The maximum Gasteiger partial charge on any atom is 0.223 e. The highest BCUT2D eigenvalue weighted by Gasteiger charge is 2.35. The molecular weight excluding hydrogens is 442 g/mol. The van der Waals surface area contributed by atoms with Gasteiger partial charge in [0.2, 0.25) is 5.95 Å². The molecule has 4 aromatic rings. The summed E-state index contributed by atoms with van der Waals surface area (Å²) in [5.41, 5.74) is 4.11. The SMILES string of the molecule is Cc1cccc(-c2nc(C3(O)CCNCC3)sc2-c2ccnc(NC(C)c3ccccc3)n2)c1. The summed E-state index contributed by atoms with van der Waals surface area (Å²) < 4.78 is 0. The van der Waals surface area contributed by atoms with E-state index in [-0.39, 0.29) is 6.04 Å². The molecule has 174 valence electrons. The number of anilines is 1. The molecule has 6 nitrogen and oxygen atoms in total. The zero-order chi connectivity index (χ0) is 23.5. The predicted octanol–water partition coefficient (Wildman–Crippen LogP) is 5.32. The molecule has 1 saturated heterocycles. The Bertz CT molecular complexity index is 1270. The van der Waals surface area contributed by atoms with E-state index in [4.69, 9.17) is 9.97 Å². The number of benzene rings is 2. The monoisotopic (exact) mass is 471 g/mol. The second kappa shape index (κ2) is 9.62. The lowest BCUT2D eigenvalue weighted by atomic mass is 9.93. The third-order valence-corrected chi connectivity index (χ3v) is 7.55. The molecule has 2 aromatic heterocycles. The normalized spacial score (nSPS) is 16.2. The number of aliphatic hydroxyl groups is 1. The fourth-order valence-electron chi connectivity index (χ4n) is 4.31. The minimum atomic E-state index is -0.914. The summed E-state index contributed by atoms with van der Waals surface area (Å²) in [7, 11) is 0. The first-order valence-corrected chi connectivity index (χ1v) is 12.5. The topological polar surface area (TPSA) is 83.0 Å². The first kappa shape index (κ1) is 22.7. The van der Waals surface area contributed by atoms with Crippen molar-refractivity contribution in [2.75, 3.05) is 18.4 Å². The van der Waals surface area contributed by atoms with Crippen molar-refractivity contribution < 1.29 is 5.11 Å². The van der Waals surface area contributed by atoms with Crippen LogP contribution in [0.25, 0.3) is 21.8 Å². The van der Waals surface area contributed by atoms with Crippen LogP contribution in [0.3, 0.4) is 0 Å². The highest BCUT2D eigenvalue weighted by Crippen LogP contribution is 2.42. The molecule has 0 amide bonds. The van der Waals surface area contributed by atoms with Crippen molar-refractivity contribution >= 4 is 17.3 Å². The Balaban J connectivity index is 1.54. The maximum atomic E-state index is 11.4. The molecule has 1 fully saturated rings. The van der Waals surface area contributed by atoms with Crippen LogP contribution in [0.1, 0.15) is 41.9 Å². The predicted molar refractivity (Wildman–Crippen MR) is 138 cm³/mol. The van der Waals surface area contributed by atoms with Gasteiger partial charge >= 0.3 is 0 Å². The first-order chi connectivity index (χ1) is 16.5. The lowest BCUT2D eigenvalue weighted by Gasteiger charge is -2.30. The summed E-state index contributed by atoms with van der Waals surface area (Å²) in [5, 5.41) is 18.9. The van der Waals surface area contributed by atoms with Crippen LogP contribution in [0.4, 0.5) is 5.95 Å². The number of aryl methyl sites for hydroxylation is 1. The molecule has 2 aromatic carbocycles. The lowest BCUT2D eigenvalue weighted by molar-refractivity contribution is 0.00582. The Kier molecular flexibility index (Phi) is 6.41. The molecule has 0 saturated carbocycles. The average molecular weight is 472 g/mol. The Morgan fingerprint density at radius 2 is 1.82 bits per heavy atom. The molecule has 34 heavy (non-hydrogen) atoms. The van der Waals surface area contributed by atoms with Crippen LogP contribution >= 0.6 is 11.3 Å². The van der Waals surface area contributed by atoms with Gasteiger partial charge in [0, 0.05) is 11.8 Å². The van der Waals surface area contributed by atoms with Crippen molar-refractivity contribution in [3.63, 3.8) is 0 Å². The summed E-state index contributed by atoms with van der Waals surface area (Å²) in [6, 6.07) is 20.6. The summed E-state index contributed by atoms with van der Waals surface area (Å²) in [5.74, 6) is 0.569. The third kappa shape index (κ3) is 4.73. The van der Waals surface area contributed by atoms with Crippen LogP contribution < -0.4 is 10.6 Å². The Morgan fingerprint density at radius 1 is 1.03 bits per heavy atom. The number of nitrogens with zero attached hydrogens (tertiary/aromatic N) is 3. The van der Waals surface area contributed by atoms with Gasteiger partial charge in [-0.2, -0.15) is 0 Å². The number of rotatable bonds is 6. The second-order valence-electron chi connectivity index (χ2n) is 8.89. The van der Waals surface area contributed by atoms with Crippen LogP contribution in [-0.2, 0) is 5.60 Å². The van der Waals surface area contributed by atoms with Gasteiger partial charge in [-0.3, -0.25) is 0 Å². The number of thiazole rings is 1. The van der Waals surface area contributed by atoms with Crippen LogP contribution in [0.15, 0.2) is 66.9 Å². The Hall–Kier alpha value is -3.13. The smallest absolute Gasteiger partial charge is 0.223 e. The van der Waals surface area contributed by atoms with Gasteiger partial charge in [-0.05, 0) is 57.5 Å². The van der Waals surface area contributed by atoms with E-state index in [9.17, 15) is 5.11 Å². The van der Waals surface area contributed by atoms with Crippen molar-refractivity contribution in [2.24, 2.45) is 0 Å². The van der Waals surface area contributed by atoms with E-state index in [0.29, 0.717) is 18.8 Å². The molecular formula is C27H29N5OS. The van der Waals surface area contributed by atoms with Crippen molar-refractivity contribution in [1.82, 2.24) is 20.3 Å². The second-order valence-corrected chi connectivity index (χ2v) is 9.89. The van der Waals surface area contributed by atoms with E-state index in [1.165, 1.54) is 22.5 Å². The molecule has 1 atom stereocenters. The molecule has 0 bridgehead atoms. The Morgan fingerprint density at radius 3 is 2.59 bits per heavy atom. The molecule has 3 N–H and O–H groups in total. The highest BCUT2D eigenvalue weighted by atomic mass is 32.1. The first-order valence-electron chi connectivity index (χ1n) is 11.7. The molecule has 5 rings (SSSR count). The average Bonchev–Trinajstić information content (AvgIpc) is 3.32. The van der Waals surface area contributed by atoms with E-state index >= 15 is 0 Å². The quantitative estimate of drug-likeness (QED) is 0.353. The van der Waals surface area contributed by atoms with E-state index in [1.54, 1.807) is 6.20 Å². The largest absolute Gasteiger partial charge is 0.383 e. The molecule has 7 heteroatoms. The van der Waals surface area contributed by atoms with Crippen molar-refractivity contribution in [1.29, 1.82) is 0 Å². The number of piperidine rings is 1. The lowest BCUT2D eigenvalue weighted by Crippen LogP contribution is -2.39. The summed E-state index contributed by atoms with van der Waals surface area (Å²) >= 11 is 1.54. The standard InChI is InChI=1S/C27H29N5OS/c1-18-7-6-10-21(17-18)23-24(34-25(32-23)27(33)12-15-28-16-13-27)22-11-14-29-26(31-22)30-19(2)20-8-4-3-5-9-20/h3-11,14,17,19,28,33H,12-13,15-16H2,1-2H3,(H,29,30,31). The van der Waals surface area contributed by atoms with Crippen molar-refractivity contribution in [3.05, 3.63) is 83.0 Å². The fraction of sp³-hybridized carbons (Fsp3) is 0.296. The molecule has 1 aliphatic rings. The van der Waals surface area contributed by atoms with Crippen LogP contribution in [0.5, 0.6) is 0 Å². The van der Waals surface area contributed by atoms with Gasteiger partial charge in [0.15, 0.2) is 0 Å². The van der Waals surface area contributed by atoms with E-state index < -0.39 is 5.60 Å². The van der Waals surface area contributed by atoms with Crippen LogP contribution in [0.2, 0.25) is 0 Å². The van der Waals surface area contributed by atoms with Gasteiger partial charge in [-0.15, -0.1) is 11.3 Å². The molecule has 1 unspecified atom stereocenters. The molecule has 0 spiro atoms. The van der Waals surface area contributed by atoms with Gasteiger partial charge in [0.1, 0.15) is 10.6 Å². The van der Waals surface area contributed by atoms with Crippen LogP contribution in [-0.4, -0.2) is 33.1 Å². The molecule has 3 heterocycles. The van der Waals surface area contributed by atoms with Crippen LogP contribution in [0, 0.1) is 6.92 Å². The number of aromatic nitrogens is 3. The molecule has 0 aliphatic carbocycles. The third-order valence-electron chi connectivity index (χ3n) is 6.28.